The van der Waals surface area contributed by atoms with Crippen molar-refractivity contribution in [1.82, 2.24) is 25.3 Å². The smallest absolute Gasteiger partial charge is 0.200 e. The van der Waals surface area contributed by atoms with Crippen LogP contribution < -0.4 is 10.1 Å². The number of methoxy groups -OCH3 is 1. The van der Waals surface area contributed by atoms with Crippen molar-refractivity contribution in [3.05, 3.63) is 41.5 Å². The van der Waals surface area contributed by atoms with Crippen LogP contribution in [0.3, 0.4) is 0 Å². The Kier molecular flexibility index (Phi) is 3.39. The maximum absolute atomic E-state index is 5.42. The number of nitrogens with one attached hydrogen (secondary N) is 1. The summed E-state index contributed by atoms with van der Waals surface area (Å²) in [6.45, 7) is 4.11. The fourth-order valence-electron chi connectivity index (χ4n) is 2.22. The molecule has 0 aliphatic rings. The highest BCUT2D eigenvalue weighted by Crippen LogP contribution is 2.28. The van der Waals surface area contributed by atoms with E-state index in [4.69, 9.17) is 4.74 Å². The zero-order chi connectivity index (χ0) is 14.8. The average Bonchev–Trinajstić information content (AvgIpc) is 2.94. The fraction of sp³-hybridized carbons (Fsp3) is 0.286. The summed E-state index contributed by atoms with van der Waals surface area (Å²) < 4.78 is 6.81. The molecule has 0 saturated carbocycles. The van der Waals surface area contributed by atoms with E-state index < -0.39 is 0 Å². The molecule has 0 bridgehead atoms. The number of nitrogens with zero attached hydrogens (tertiary/aromatic N) is 5. The van der Waals surface area contributed by atoms with Gasteiger partial charge in [-0.15, -0.1) is 14.8 Å². The standard InChI is InChI=1S/C14H16N6O/c1-9-4-5-12(21-3)11(8-9)10(2)15-13-6-7-14-16-18-19-20(14)17-13/h4-8,10H,1-3H3,(H,15,17)/t10-/m0/s1. The Labute approximate surface area is 121 Å². The molecule has 0 fully saturated rings. The molecule has 3 aromatic rings. The van der Waals surface area contributed by atoms with Gasteiger partial charge in [0.1, 0.15) is 11.6 Å². The second kappa shape index (κ2) is 5.35. The van der Waals surface area contributed by atoms with Crippen LogP contribution >= 0.6 is 0 Å². The largest absolute Gasteiger partial charge is 0.496 e. The second-order valence-electron chi connectivity index (χ2n) is 4.86. The van der Waals surface area contributed by atoms with Crippen LogP contribution in [-0.2, 0) is 0 Å². The fourth-order valence-corrected chi connectivity index (χ4v) is 2.22. The molecule has 0 saturated heterocycles. The first-order valence-electron chi connectivity index (χ1n) is 6.64. The molecular formula is C14H16N6O. The van der Waals surface area contributed by atoms with Gasteiger partial charge in [0.2, 0.25) is 0 Å². The molecule has 0 spiro atoms. The quantitative estimate of drug-likeness (QED) is 0.789. The van der Waals surface area contributed by atoms with Gasteiger partial charge in [0, 0.05) is 5.56 Å². The lowest BCUT2D eigenvalue weighted by Gasteiger charge is -2.18. The van der Waals surface area contributed by atoms with Gasteiger partial charge in [-0.3, -0.25) is 0 Å². The van der Waals surface area contributed by atoms with Gasteiger partial charge in [0.05, 0.1) is 13.2 Å². The molecule has 2 heterocycles. The Bertz CT molecular complexity index is 769. The van der Waals surface area contributed by atoms with Crippen molar-refractivity contribution < 1.29 is 4.74 Å². The van der Waals surface area contributed by atoms with E-state index in [9.17, 15) is 0 Å². The van der Waals surface area contributed by atoms with Crippen molar-refractivity contribution in [3.8, 4) is 5.75 Å². The van der Waals surface area contributed by atoms with E-state index in [1.165, 1.54) is 10.2 Å². The minimum absolute atomic E-state index is 0.0429. The van der Waals surface area contributed by atoms with Crippen LogP contribution in [0.15, 0.2) is 30.3 Å². The molecule has 0 aliphatic heterocycles. The minimum Gasteiger partial charge on any atom is -0.496 e. The lowest BCUT2D eigenvalue weighted by atomic mass is 10.0. The third-order valence-corrected chi connectivity index (χ3v) is 3.29. The van der Waals surface area contributed by atoms with Crippen LogP contribution in [0.5, 0.6) is 5.75 Å². The highest BCUT2D eigenvalue weighted by Gasteiger charge is 2.12. The molecule has 108 valence electrons. The Morgan fingerprint density at radius 3 is 2.90 bits per heavy atom. The maximum Gasteiger partial charge on any atom is 0.200 e. The summed E-state index contributed by atoms with van der Waals surface area (Å²) in [5, 5.41) is 18.8. The van der Waals surface area contributed by atoms with Gasteiger partial charge in [-0.05, 0) is 42.5 Å². The number of fused-ring (bicyclic) bond motifs is 1. The molecule has 21 heavy (non-hydrogen) atoms. The Morgan fingerprint density at radius 2 is 2.10 bits per heavy atom. The monoisotopic (exact) mass is 284 g/mol. The predicted octanol–water partition coefficient (Wildman–Crippen LogP) is 2.01. The van der Waals surface area contributed by atoms with Crippen LogP contribution in [0.4, 0.5) is 5.82 Å². The lowest BCUT2D eigenvalue weighted by molar-refractivity contribution is 0.407. The number of aromatic nitrogens is 5. The van der Waals surface area contributed by atoms with Crippen LogP contribution in [0, 0.1) is 6.92 Å². The van der Waals surface area contributed by atoms with E-state index in [0.717, 1.165) is 11.3 Å². The van der Waals surface area contributed by atoms with Crippen molar-refractivity contribution >= 4 is 11.5 Å². The van der Waals surface area contributed by atoms with Gasteiger partial charge >= 0.3 is 0 Å². The molecule has 0 amide bonds. The van der Waals surface area contributed by atoms with Gasteiger partial charge in [-0.2, -0.15) is 0 Å². The Balaban J connectivity index is 1.88. The van der Waals surface area contributed by atoms with Crippen molar-refractivity contribution in [1.29, 1.82) is 0 Å². The maximum atomic E-state index is 5.42. The van der Waals surface area contributed by atoms with Gasteiger partial charge in [-0.1, -0.05) is 17.7 Å². The first-order valence-corrected chi connectivity index (χ1v) is 6.64. The zero-order valence-electron chi connectivity index (χ0n) is 12.1. The molecule has 0 radical (unpaired) electrons. The minimum atomic E-state index is 0.0429. The van der Waals surface area contributed by atoms with E-state index in [1.807, 2.05) is 24.3 Å². The Morgan fingerprint density at radius 1 is 1.24 bits per heavy atom. The number of benzene rings is 1. The predicted molar refractivity (Wildman–Crippen MR) is 78.3 cm³/mol. The van der Waals surface area contributed by atoms with Crippen LogP contribution in [0.1, 0.15) is 24.1 Å². The van der Waals surface area contributed by atoms with Crippen LogP contribution in [0.25, 0.3) is 5.65 Å². The SMILES string of the molecule is COc1ccc(C)cc1[C@H](C)Nc1ccc2nnnn2n1. The lowest BCUT2D eigenvalue weighted by Crippen LogP contribution is -2.11. The van der Waals surface area contributed by atoms with E-state index >= 15 is 0 Å². The van der Waals surface area contributed by atoms with Crippen molar-refractivity contribution in [2.24, 2.45) is 0 Å². The first kappa shape index (κ1) is 13.3. The first-order chi connectivity index (χ1) is 10.2. The highest BCUT2D eigenvalue weighted by atomic mass is 16.5. The van der Waals surface area contributed by atoms with E-state index in [-0.39, 0.29) is 6.04 Å². The number of hydrogen-bond acceptors (Lipinski definition) is 6. The summed E-state index contributed by atoms with van der Waals surface area (Å²) in [7, 11) is 1.67. The Hall–Kier alpha value is -2.70. The summed E-state index contributed by atoms with van der Waals surface area (Å²) in [4.78, 5) is 0. The number of tetrazole rings is 1. The summed E-state index contributed by atoms with van der Waals surface area (Å²) >= 11 is 0. The van der Waals surface area contributed by atoms with Crippen molar-refractivity contribution in [2.75, 3.05) is 12.4 Å². The van der Waals surface area contributed by atoms with Gasteiger partial charge in [0.15, 0.2) is 5.65 Å². The van der Waals surface area contributed by atoms with E-state index in [2.05, 4.69) is 45.9 Å². The number of hydrogen-bond donors (Lipinski definition) is 1. The molecule has 3 rings (SSSR count). The average molecular weight is 284 g/mol. The van der Waals surface area contributed by atoms with Crippen molar-refractivity contribution in [2.45, 2.75) is 19.9 Å². The third-order valence-electron chi connectivity index (χ3n) is 3.29. The summed E-state index contributed by atoms with van der Waals surface area (Å²) in [6.07, 6.45) is 0. The van der Waals surface area contributed by atoms with E-state index in [1.54, 1.807) is 7.11 Å². The number of rotatable bonds is 4. The number of ether oxygens (including phenoxy) is 1. The highest BCUT2D eigenvalue weighted by molar-refractivity contribution is 5.46. The van der Waals surface area contributed by atoms with Crippen LogP contribution in [0.2, 0.25) is 0 Å². The van der Waals surface area contributed by atoms with Crippen LogP contribution in [-0.4, -0.2) is 32.4 Å². The van der Waals surface area contributed by atoms with Gasteiger partial charge in [0.25, 0.3) is 0 Å². The molecule has 0 aliphatic carbocycles. The van der Waals surface area contributed by atoms with Gasteiger partial charge < -0.3 is 10.1 Å². The summed E-state index contributed by atoms with van der Waals surface area (Å²) in [5.41, 5.74) is 2.88. The number of aryl methyl sites for hydroxylation is 1. The number of anilines is 1. The molecule has 1 aromatic carbocycles. The van der Waals surface area contributed by atoms with Gasteiger partial charge in [-0.25, -0.2) is 0 Å². The third kappa shape index (κ3) is 2.62. The summed E-state index contributed by atoms with van der Waals surface area (Å²) in [5.74, 6) is 1.55. The van der Waals surface area contributed by atoms with E-state index in [0.29, 0.717) is 11.5 Å². The zero-order valence-corrected chi connectivity index (χ0v) is 12.1. The molecule has 1 N–H and O–H groups in total. The topological polar surface area (TPSA) is 77.2 Å². The molecule has 7 heteroatoms. The molecule has 0 unspecified atom stereocenters. The van der Waals surface area contributed by atoms with Crippen molar-refractivity contribution in [3.63, 3.8) is 0 Å². The molecule has 2 aromatic heterocycles. The normalized spacial score (nSPS) is 12.3. The molecule has 7 nitrogen and oxygen atoms in total. The summed E-state index contributed by atoms with van der Waals surface area (Å²) in [6, 6.07) is 9.81. The second-order valence-corrected chi connectivity index (χ2v) is 4.86. The molecular weight excluding hydrogens is 268 g/mol. The molecule has 1 atom stereocenters.